The summed E-state index contributed by atoms with van der Waals surface area (Å²) in [4.78, 5) is 0. The number of rotatable bonds is 2. The summed E-state index contributed by atoms with van der Waals surface area (Å²) >= 11 is 0. The van der Waals surface area contributed by atoms with Gasteiger partial charge in [0.05, 0.1) is 18.8 Å². The van der Waals surface area contributed by atoms with Gasteiger partial charge in [-0.2, -0.15) is 0 Å². The molecule has 1 aromatic rings. The van der Waals surface area contributed by atoms with E-state index in [1.54, 1.807) is 0 Å². The van der Waals surface area contributed by atoms with Crippen molar-refractivity contribution >= 4 is 0 Å². The summed E-state index contributed by atoms with van der Waals surface area (Å²) in [6.45, 7) is -0.0504. The largest absolute Gasteiger partial charge is 0.390 e. The molecule has 0 radical (unpaired) electrons. The molecule has 3 heterocycles. The normalized spacial score (nSPS) is 35.4. The first kappa shape index (κ1) is 8.44. The summed E-state index contributed by atoms with van der Waals surface area (Å²) in [5, 5.41) is 12.7. The monoisotopic (exact) mass is 195 g/mol. The molecule has 2 bridgehead atoms. The molecule has 3 unspecified atom stereocenters. The number of aliphatic hydroxyl groups is 1. The van der Waals surface area contributed by atoms with Crippen LogP contribution in [0.3, 0.4) is 0 Å². The molecule has 0 aliphatic carbocycles. The van der Waals surface area contributed by atoms with E-state index in [-0.39, 0.29) is 6.61 Å². The smallest absolute Gasteiger partial charge is 0.142 e. The molecule has 2 aliphatic rings. The number of nitrogens with zero attached hydrogens (tertiary/aromatic N) is 1. The number of aliphatic hydroxyl groups excluding tert-OH is 1. The lowest BCUT2D eigenvalue weighted by Crippen LogP contribution is -2.13. The average molecular weight is 195 g/mol. The zero-order valence-corrected chi connectivity index (χ0v) is 7.85. The highest BCUT2D eigenvalue weighted by Crippen LogP contribution is 2.44. The second kappa shape index (κ2) is 3.07. The molecule has 2 saturated heterocycles. The van der Waals surface area contributed by atoms with Gasteiger partial charge in [0.2, 0.25) is 0 Å². The fourth-order valence-corrected chi connectivity index (χ4v) is 2.51. The van der Waals surface area contributed by atoms with E-state index in [0.29, 0.717) is 23.8 Å². The van der Waals surface area contributed by atoms with Gasteiger partial charge in [0.1, 0.15) is 11.5 Å². The van der Waals surface area contributed by atoms with E-state index in [4.69, 9.17) is 14.4 Å². The van der Waals surface area contributed by atoms with Gasteiger partial charge in [-0.05, 0) is 19.3 Å². The predicted molar refractivity (Wildman–Crippen MR) is 47.7 cm³/mol. The Morgan fingerprint density at radius 1 is 1.50 bits per heavy atom. The molecule has 14 heavy (non-hydrogen) atoms. The molecule has 2 aliphatic heterocycles. The maximum Gasteiger partial charge on any atom is 0.142 e. The summed E-state index contributed by atoms with van der Waals surface area (Å²) in [5.74, 6) is 1.24. The van der Waals surface area contributed by atoms with Gasteiger partial charge < -0.3 is 14.4 Å². The van der Waals surface area contributed by atoms with Gasteiger partial charge in [-0.15, -0.1) is 0 Å². The number of hydrogen-bond acceptors (Lipinski definition) is 4. The van der Waals surface area contributed by atoms with Gasteiger partial charge in [0, 0.05) is 12.0 Å². The van der Waals surface area contributed by atoms with Gasteiger partial charge in [-0.3, -0.25) is 0 Å². The highest BCUT2D eigenvalue weighted by molar-refractivity contribution is 5.14. The van der Waals surface area contributed by atoms with Crippen LogP contribution in [0.1, 0.15) is 36.6 Å². The van der Waals surface area contributed by atoms with E-state index in [2.05, 4.69) is 5.16 Å². The summed E-state index contributed by atoms with van der Waals surface area (Å²) in [6, 6.07) is 1.84. The Hall–Kier alpha value is -0.870. The van der Waals surface area contributed by atoms with Crippen LogP contribution in [0.15, 0.2) is 10.6 Å². The van der Waals surface area contributed by atoms with Crippen molar-refractivity contribution < 1.29 is 14.4 Å². The highest BCUT2D eigenvalue weighted by atomic mass is 16.5. The lowest BCUT2D eigenvalue weighted by Gasteiger charge is -2.14. The topological polar surface area (TPSA) is 55.5 Å². The lowest BCUT2D eigenvalue weighted by molar-refractivity contribution is 0.0979. The van der Waals surface area contributed by atoms with Crippen molar-refractivity contribution in [3.63, 3.8) is 0 Å². The van der Waals surface area contributed by atoms with E-state index in [9.17, 15) is 0 Å². The molecule has 3 rings (SSSR count). The summed E-state index contributed by atoms with van der Waals surface area (Å²) in [7, 11) is 0. The van der Waals surface area contributed by atoms with Crippen molar-refractivity contribution in [2.45, 2.75) is 44.0 Å². The zero-order chi connectivity index (χ0) is 9.54. The number of hydrogen-bond donors (Lipinski definition) is 1. The van der Waals surface area contributed by atoms with E-state index in [0.717, 1.165) is 18.6 Å². The van der Waals surface area contributed by atoms with Crippen LogP contribution in [0.25, 0.3) is 0 Å². The summed E-state index contributed by atoms with van der Waals surface area (Å²) in [6.07, 6.45) is 4.10. The Labute approximate surface area is 81.8 Å². The van der Waals surface area contributed by atoms with Crippen LogP contribution in [0, 0.1) is 0 Å². The van der Waals surface area contributed by atoms with E-state index in [1.165, 1.54) is 6.42 Å². The molecule has 0 spiro atoms. The van der Waals surface area contributed by atoms with Gasteiger partial charge in [0.15, 0.2) is 0 Å². The molecule has 2 fully saturated rings. The molecule has 1 N–H and O–H groups in total. The lowest BCUT2D eigenvalue weighted by atomic mass is 9.87. The maximum atomic E-state index is 8.87. The molecule has 4 heteroatoms. The molecule has 4 nitrogen and oxygen atoms in total. The molecular formula is C10H13NO3. The second-order valence-electron chi connectivity index (χ2n) is 4.09. The van der Waals surface area contributed by atoms with Gasteiger partial charge in [-0.25, -0.2) is 0 Å². The van der Waals surface area contributed by atoms with Crippen LogP contribution in [0.4, 0.5) is 0 Å². The van der Waals surface area contributed by atoms with Crippen LogP contribution >= 0.6 is 0 Å². The Kier molecular flexibility index (Phi) is 1.85. The number of aromatic nitrogens is 1. The molecule has 0 aromatic carbocycles. The average Bonchev–Trinajstić information content (AvgIpc) is 2.93. The predicted octanol–water partition coefficient (Wildman–Crippen LogP) is 1.20. The SMILES string of the molecule is OCc1cc(C2CC3CCC2O3)on1. The van der Waals surface area contributed by atoms with Crippen LogP contribution in [0.5, 0.6) is 0 Å². The van der Waals surface area contributed by atoms with Crippen molar-refractivity contribution in [3.8, 4) is 0 Å². The molecule has 76 valence electrons. The Morgan fingerprint density at radius 3 is 3.00 bits per heavy atom. The molecular weight excluding hydrogens is 182 g/mol. The van der Waals surface area contributed by atoms with Crippen LogP contribution in [0.2, 0.25) is 0 Å². The fraction of sp³-hybridized carbons (Fsp3) is 0.700. The highest BCUT2D eigenvalue weighted by Gasteiger charge is 2.43. The second-order valence-corrected chi connectivity index (χ2v) is 4.09. The summed E-state index contributed by atoms with van der Waals surface area (Å²) in [5.41, 5.74) is 0.614. The van der Waals surface area contributed by atoms with Crippen molar-refractivity contribution in [2.24, 2.45) is 0 Å². The fourth-order valence-electron chi connectivity index (χ4n) is 2.51. The first-order valence-electron chi connectivity index (χ1n) is 5.08. The zero-order valence-electron chi connectivity index (χ0n) is 7.85. The quantitative estimate of drug-likeness (QED) is 0.770. The minimum Gasteiger partial charge on any atom is -0.390 e. The number of fused-ring (bicyclic) bond motifs is 2. The third kappa shape index (κ3) is 1.18. The maximum absolute atomic E-state index is 8.87. The van der Waals surface area contributed by atoms with Crippen LogP contribution in [-0.4, -0.2) is 22.5 Å². The Morgan fingerprint density at radius 2 is 2.43 bits per heavy atom. The van der Waals surface area contributed by atoms with E-state index >= 15 is 0 Å². The van der Waals surface area contributed by atoms with Crippen LogP contribution in [-0.2, 0) is 11.3 Å². The van der Waals surface area contributed by atoms with Crippen molar-refractivity contribution in [2.75, 3.05) is 0 Å². The Balaban J connectivity index is 1.82. The van der Waals surface area contributed by atoms with E-state index < -0.39 is 0 Å². The third-order valence-electron chi connectivity index (χ3n) is 3.21. The van der Waals surface area contributed by atoms with Crippen molar-refractivity contribution in [1.82, 2.24) is 5.16 Å². The van der Waals surface area contributed by atoms with Gasteiger partial charge in [-0.1, -0.05) is 5.16 Å². The number of ether oxygens (including phenoxy) is 1. The van der Waals surface area contributed by atoms with Gasteiger partial charge >= 0.3 is 0 Å². The van der Waals surface area contributed by atoms with Crippen LogP contribution < -0.4 is 0 Å². The Bertz CT molecular complexity index is 336. The first-order chi connectivity index (χ1) is 6.86. The standard InChI is InChI=1S/C10H13NO3/c12-5-6-3-10(14-11-6)8-4-7-1-2-9(8)13-7/h3,7-9,12H,1-2,4-5H2. The van der Waals surface area contributed by atoms with Crippen molar-refractivity contribution in [3.05, 3.63) is 17.5 Å². The summed E-state index contributed by atoms with van der Waals surface area (Å²) < 4.78 is 10.9. The van der Waals surface area contributed by atoms with Crippen molar-refractivity contribution in [1.29, 1.82) is 0 Å². The molecule has 3 atom stereocenters. The third-order valence-corrected chi connectivity index (χ3v) is 3.21. The molecule has 0 saturated carbocycles. The molecule has 0 amide bonds. The minimum absolute atomic E-state index is 0.0504. The molecule has 1 aromatic heterocycles. The first-order valence-corrected chi connectivity index (χ1v) is 5.08. The minimum atomic E-state index is -0.0504. The van der Waals surface area contributed by atoms with Gasteiger partial charge in [0.25, 0.3) is 0 Å². The van der Waals surface area contributed by atoms with E-state index in [1.807, 2.05) is 6.07 Å².